The van der Waals surface area contributed by atoms with Gasteiger partial charge in [0.1, 0.15) is 5.75 Å². The Morgan fingerprint density at radius 3 is 2.14 bits per heavy atom. The number of ether oxygens (including phenoxy) is 1. The van der Waals surface area contributed by atoms with Gasteiger partial charge >= 0.3 is 0 Å². The van der Waals surface area contributed by atoms with Gasteiger partial charge in [-0.1, -0.05) is 13.8 Å². The molecule has 0 aromatic heterocycles. The van der Waals surface area contributed by atoms with Crippen LogP contribution in [0.15, 0.2) is 17.0 Å². The van der Waals surface area contributed by atoms with Gasteiger partial charge < -0.3 is 4.74 Å². The van der Waals surface area contributed by atoms with Crippen LogP contribution in [-0.2, 0) is 10.0 Å². The van der Waals surface area contributed by atoms with Gasteiger partial charge in [0.25, 0.3) is 0 Å². The van der Waals surface area contributed by atoms with Crippen LogP contribution < -0.4 is 4.74 Å². The fourth-order valence-electron chi connectivity index (χ4n) is 2.68. The fraction of sp³-hybridized carbons (Fsp3) is 0.625. The second kappa shape index (κ2) is 5.97. The maximum Gasteiger partial charge on any atom is 0.243 e. The number of nitrogens with zero attached hydrogens (tertiary/aromatic N) is 1. The van der Waals surface area contributed by atoms with Crippen LogP contribution in [0, 0.1) is 19.8 Å². The van der Waals surface area contributed by atoms with Gasteiger partial charge in [-0.2, -0.15) is 4.31 Å². The lowest BCUT2D eigenvalue weighted by Crippen LogP contribution is -2.36. The minimum absolute atomic E-state index is 0.181. The predicted octanol–water partition coefficient (Wildman–Crippen LogP) is 3.12. The van der Waals surface area contributed by atoms with Crippen LogP contribution in [-0.4, -0.2) is 32.4 Å². The molecule has 0 N–H and O–H groups in total. The van der Waals surface area contributed by atoms with E-state index in [-0.39, 0.29) is 6.04 Å². The van der Waals surface area contributed by atoms with Crippen molar-refractivity contribution in [2.75, 3.05) is 13.7 Å². The highest BCUT2D eigenvalue weighted by atomic mass is 32.2. The van der Waals surface area contributed by atoms with Crippen LogP contribution in [0.4, 0.5) is 0 Å². The van der Waals surface area contributed by atoms with Crippen molar-refractivity contribution < 1.29 is 13.2 Å². The molecule has 5 heteroatoms. The molecule has 0 bridgehead atoms. The van der Waals surface area contributed by atoms with Crippen LogP contribution in [0.2, 0.25) is 0 Å². The monoisotopic (exact) mass is 311 g/mol. The predicted molar refractivity (Wildman–Crippen MR) is 84.2 cm³/mol. The van der Waals surface area contributed by atoms with Crippen molar-refractivity contribution in [1.82, 2.24) is 4.31 Å². The summed E-state index contributed by atoms with van der Waals surface area (Å²) in [6, 6.07) is 3.62. The lowest BCUT2D eigenvalue weighted by atomic mass is 10.1. The molecule has 21 heavy (non-hydrogen) atoms. The molecule has 1 saturated carbocycles. The van der Waals surface area contributed by atoms with Crippen molar-refractivity contribution >= 4 is 10.0 Å². The molecule has 1 aromatic carbocycles. The Kier molecular flexibility index (Phi) is 4.63. The SMILES string of the molecule is COc1c(C)cc(S(=O)(=O)N(CC(C)C)C2CC2)cc1C. The van der Waals surface area contributed by atoms with Crippen molar-refractivity contribution in [2.45, 2.75) is 51.5 Å². The van der Waals surface area contributed by atoms with E-state index in [1.807, 2.05) is 13.8 Å². The summed E-state index contributed by atoms with van der Waals surface area (Å²) in [5, 5.41) is 0. The molecule has 0 saturated heterocycles. The van der Waals surface area contributed by atoms with Crippen LogP contribution in [0.3, 0.4) is 0 Å². The topological polar surface area (TPSA) is 46.6 Å². The van der Waals surface area contributed by atoms with Gasteiger partial charge in [-0.05, 0) is 55.9 Å². The molecule has 1 aliphatic rings. The summed E-state index contributed by atoms with van der Waals surface area (Å²) in [5.74, 6) is 1.08. The summed E-state index contributed by atoms with van der Waals surface area (Å²) in [6.07, 6.45) is 1.94. The van der Waals surface area contributed by atoms with E-state index in [0.29, 0.717) is 17.4 Å². The van der Waals surface area contributed by atoms with Gasteiger partial charge in [-0.15, -0.1) is 0 Å². The average Bonchev–Trinajstić information content (AvgIpc) is 3.19. The van der Waals surface area contributed by atoms with Crippen molar-refractivity contribution in [3.05, 3.63) is 23.3 Å². The number of sulfonamides is 1. The van der Waals surface area contributed by atoms with Gasteiger partial charge in [0.15, 0.2) is 0 Å². The van der Waals surface area contributed by atoms with E-state index in [1.165, 1.54) is 0 Å². The van der Waals surface area contributed by atoms with Gasteiger partial charge in [-0.3, -0.25) is 0 Å². The molecule has 118 valence electrons. The Bertz CT molecular complexity index is 595. The minimum atomic E-state index is -3.43. The molecular formula is C16H25NO3S. The molecule has 2 rings (SSSR count). The highest BCUT2D eigenvalue weighted by Crippen LogP contribution is 2.34. The van der Waals surface area contributed by atoms with Crippen LogP contribution in [0.25, 0.3) is 0 Å². The second-order valence-electron chi connectivity index (χ2n) is 6.29. The highest BCUT2D eigenvalue weighted by molar-refractivity contribution is 7.89. The van der Waals surface area contributed by atoms with E-state index in [1.54, 1.807) is 23.5 Å². The zero-order chi connectivity index (χ0) is 15.8. The first kappa shape index (κ1) is 16.3. The Morgan fingerprint density at radius 1 is 1.24 bits per heavy atom. The first-order valence-corrected chi connectivity index (χ1v) is 8.88. The van der Waals surface area contributed by atoms with Gasteiger partial charge in [0.05, 0.1) is 12.0 Å². The first-order chi connectivity index (χ1) is 9.77. The molecule has 1 aliphatic carbocycles. The van der Waals surface area contributed by atoms with E-state index in [9.17, 15) is 8.42 Å². The first-order valence-electron chi connectivity index (χ1n) is 7.44. The molecule has 0 unspecified atom stereocenters. The third-order valence-corrected chi connectivity index (χ3v) is 5.64. The Morgan fingerprint density at radius 2 is 1.76 bits per heavy atom. The lowest BCUT2D eigenvalue weighted by Gasteiger charge is -2.24. The maximum atomic E-state index is 12.9. The third kappa shape index (κ3) is 3.40. The molecular weight excluding hydrogens is 286 g/mol. The zero-order valence-electron chi connectivity index (χ0n) is 13.5. The number of hydrogen-bond acceptors (Lipinski definition) is 3. The zero-order valence-corrected chi connectivity index (χ0v) is 14.3. The Balaban J connectivity index is 2.42. The molecule has 0 aliphatic heterocycles. The minimum Gasteiger partial charge on any atom is -0.496 e. The quantitative estimate of drug-likeness (QED) is 0.811. The summed E-state index contributed by atoms with van der Waals surface area (Å²) < 4.78 is 32.9. The molecule has 4 nitrogen and oxygen atoms in total. The average molecular weight is 311 g/mol. The van der Waals surface area contributed by atoms with E-state index in [4.69, 9.17) is 4.74 Å². The summed E-state index contributed by atoms with van der Waals surface area (Å²) >= 11 is 0. The van der Waals surface area contributed by atoms with Crippen molar-refractivity contribution in [3.8, 4) is 5.75 Å². The summed E-state index contributed by atoms with van der Waals surface area (Å²) in [5.41, 5.74) is 1.72. The molecule has 0 amide bonds. The molecule has 0 atom stereocenters. The van der Waals surface area contributed by atoms with Crippen LogP contribution >= 0.6 is 0 Å². The summed E-state index contributed by atoms with van der Waals surface area (Å²) in [7, 11) is -1.82. The normalized spacial score (nSPS) is 15.8. The number of benzene rings is 1. The smallest absolute Gasteiger partial charge is 0.243 e. The molecule has 0 spiro atoms. The highest BCUT2D eigenvalue weighted by Gasteiger charge is 2.38. The number of rotatable bonds is 6. The largest absolute Gasteiger partial charge is 0.496 e. The van der Waals surface area contributed by atoms with Crippen LogP contribution in [0.5, 0.6) is 5.75 Å². The number of aryl methyl sites for hydroxylation is 2. The molecule has 0 heterocycles. The molecule has 0 radical (unpaired) electrons. The van der Waals surface area contributed by atoms with E-state index >= 15 is 0 Å². The van der Waals surface area contributed by atoms with Crippen molar-refractivity contribution in [2.24, 2.45) is 5.92 Å². The van der Waals surface area contributed by atoms with Crippen molar-refractivity contribution in [1.29, 1.82) is 0 Å². The lowest BCUT2D eigenvalue weighted by molar-refractivity contribution is 0.360. The maximum absolute atomic E-state index is 12.9. The van der Waals surface area contributed by atoms with Crippen LogP contribution in [0.1, 0.15) is 37.8 Å². The molecule has 1 aromatic rings. The number of hydrogen-bond donors (Lipinski definition) is 0. The second-order valence-corrected chi connectivity index (χ2v) is 8.18. The van der Waals surface area contributed by atoms with Crippen molar-refractivity contribution in [3.63, 3.8) is 0 Å². The van der Waals surface area contributed by atoms with Gasteiger partial charge in [0, 0.05) is 12.6 Å². The standard InChI is InChI=1S/C16H25NO3S/c1-11(2)10-17(14-6-7-14)21(18,19)15-8-12(3)16(20-5)13(4)9-15/h8-9,11,14H,6-7,10H2,1-5H3. The van der Waals surface area contributed by atoms with E-state index < -0.39 is 10.0 Å². The van der Waals surface area contributed by atoms with E-state index in [0.717, 1.165) is 29.7 Å². The Hall–Kier alpha value is -1.07. The van der Waals surface area contributed by atoms with E-state index in [2.05, 4.69) is 13.8 Å². The fourth-order valence-corrected chi connectivity index (χ4v) is 4.70. The van der Waals surface area contributed by atoms with Gasteiger partial charge in [-0.25, -0.2) is 8.42 Å². The Labute approximate surface area is 128 Å². The number of methoxy groups -OCH3 is 1. The summed E-state index contributed by atoms with van der Waals surface area (Å²) in [4.78, 5) is 0.380. The third-order valence-electron chi connectivity index (χ3n) is 3.74. The van der Waals surface area contributed by atoms with Gasteiger partial charge in [0.2, 0.25) is 10.0 Å². The summed E-state index contributed by atoms with van der Waals surface area (Å²) in [6.45, 7) is 8.45. The molecule has 1 fully saturated rings.